The number of nitrogens with zero attached hydrogens (tertiary/aromatic N) is 4. The van der Waals surface area contributed by atoms with Gasteiger partial charge in [-0.05, 0) is 32.0 Å². The second kappa shape index (κ2) is 6.33. The fraction of sp³-hybridized carbons (Fsp3) is 0.200. The van der Waals surface area contributed by atoms with E-state index in [4.69, 9.17) is 0 Å². The monoisotopic (exact) mass is 379 g/mol. The molecule has 0 aliphatic carbocycles. The molecule has 0 saturated carbocycles. The fourth-order valence-corrected chi connectivity index (χ4v) is 3.31. The zero-order valence-corrected chi connectivity index (χ0v) is 14.8. The van der Waals surface area contributed by atoms with Gasteiger partial charge in [0, 0.05) is 11.4 Å². The molecule has 0 unspecified atom stereocenters. The number of hydrogen-bond donors (Lipinski definition) is 1. The molecular formula is C15H14FN5O4S. The van der Waals surface area contributed by atoms with Crippen molar-refractivity contribution in [1.29, 1.82) is 0 Å². The summed E-state index contributed by atoms with van der Waals surface area (Å²) >= 11 is 0. The summed E-state index contributed by atoms with van der Waals surface area (Å²) in [7, 11) is -3.27. The molecule has 3 rings (SSSR count). The number of fused-ring (bicyclic) bond motifs is 1. The quantitative estimate of drug-likeness (QED) is 0.682. The van der Waals surface area contributed by atoms with E-state index < -0.39 is 32.7 Å². The number of anilines is 1. The molecule has 0 bridgehead atoms. The first kappa shape index (κ1) is 17.7. The van der Waals surface area contributed by atoms with Crippen LogP contribution in [0.4, 0.5) is 10.1 Å². The highest BCUT2D eigenvalue weighted by Gasteiger charge is 2.26. The topological polar surface area (TPSA) is 116 Å². The zero-order chi connectivity index (χ0) is 19.1. The zero-order valence-electron chi connectivity index (χ0n) is 14.0. The second-order valence-corrected chi connectivity index (χ2v) is 6.98. The van der Waals surface area contributed by atoms with Crippen molar-refractivity contribution in [3.05, 3.63) is 47.0 Å². The van der Waals surface area contributed by atoms with Crippen LogP contribution in [0.5, 0.6) is 0 Å². The third-order valence-corrected chi connectivity index (χ3v) is 4.62. The van der Waals surface area contributed by atoms with E-state index in [1.54, 1.807) is 19.9 Å². The van der Waals surface area contributed by atoms with Crippen LogP contribution >= 0.6 is 0 Å². The third-order valence-electron chi connectivity index (χ3n) is 3.49. The molecule has 1 N–H and O–H groups in total. The number of aromatic nitrogens is 4. The summed E-state index contributed by atoms with van der Waals surface area (Å²) < 4.78 is 47.1. The third kappa shape index (κ3) is 3.08. The number of aryl methyl sites for hydroxylation is 2. The van der Waals surface area contributed by atoms with Crippen molar-refractivity contribution < 1.29 is 22.3 Å². The minimum absolute atomic E-state index is 0.0876. The van der Waals surface area contributed by atoms with Gasteiger partial charge in [0.2, 0.25) is 0 Å². The van der Waals surface area contributed by atoms with Crippen LogP contribution in [-0.4, -0.2) is 41.1 Å². The number of benzene rings is 1. The van der Waals surface area contributed by atoms with E-state index in [9.17, 15) is 17.6 Å². The molecule has 0 atom stereocenters. The highest BCUT2D eigenvalue weighted by atomic mass is 32.2. The van der Waals surface area contributed by atoms with Gasteiger partial charge in [-0.2, -0.15) is 13.4 Å². The van der Waals surface area contributed by atoms with E-state index in [1.165, 1.54) is 16.6 Å². The number of para-hydroxylation sites is 1. The van der Waals surface area contributed by atoms with Crippen molar-refractivity contribution in [3.8, 4) is 0 Å². The van der Waals surface area contributed by atoms with Crippen LogP contribution < -0.4 is 4.72 Å². The highest BCUT2D eigenvalue weighted by molar-refractivity contribution is 7.92. The van der Waals surface area contributed by atoms with Crippen LogP contribution in [0.1, 0.15) is 21.7 Å². The van der Waals surface area contributed by atoms with E-state index in [0.29, 0.717) is 11.4 Å². The lowest BCUT2D eigenvalue weighted by atomic mass is 10.2. The standard InChI is InChI=1S/C15H14FN5O4S/c1-8-7-9(2)21-14(17-8)18-15(19-21)26(23,24)20-12-10(13(22)25-3)5-4-6-11(12)16/h4-7,20H,1-3H3. The smallest absolute Gasteiger partial charge is 0.340 e. The maximum Gasteiger partial charge on any atom is 0.340 e. The number of esters is 1. The molecule has 0 amide bonds. The maximum absolute atomic E-state index is 14.1. The summed E-state index contributed by atoms with van der Waals surface area (Å²) in [6.45, 7) is 3.45. The number of hydrogen-bond acceptors (Lipinski definition) is 7. The molecule has 0 radical (unpaired) electrons. The molecule has 0 aliphatic rings. The summed E-state index contributed by atoms with van der Waals surface area (Å²) in [4.78, 5) is 19.7. The molecule has 0 spiro atoms. The second-order valence-electron chi connectivity index (χ2n) is 5.40. The SMILES string of the molecule is COC(=O)c1cccc(F)c1NS(=O)(=O)c1nc2nc(C)cc(C)n2n1. The molecule has 0 saturated heterocycles. The molecule has 9 nitrogen and oxygen atoms in total. The lowest BCUT2D eigenvalue weighted by Gasteiger charge is -2.10. The van der Waals surface area contributed by atoms with Gasteiger partial charge >= 0.3 is 5.97 Å². The summed E-state index contributed by atoms with van der Waals surface area (Å²) in [5.41, 5.74) is 0.452. The molecule has 0 aliphatic heterocycles. The van der Waals surface area contributed by atoms with Gasteiger partial charge in [0.25, 0.3) is 21.0 Å². The van der Waals surface area contributed by atoms with E-state index >= 15 is 0 Å². The lowest BCUT2D eigenvalue weighted by Crippen LogP contribution is -2.18. The average Bonchev–Trinajstić information content (AvgIpc) is 3.01. The van der Waals surface area contributed by atoms with Crippen molar-refractivity contribution in [2.75, 3.05) is 11.8 Å². The fourth-order valence-electron chi connectivity index (χ4n) is 2.35. The van der Waals surface area contributed by atoms with Crippen LogP contribution in [0, 0.1) is 19.7 Å². The van der Waals surface area contributed by atoms with Gasteiger partial charge in [-0.15, -0.1) is 5.10 Å². The Morgan fingerprint density at radius 2 is 2.00 bits per heavy atom. The van der Waals surface area contributed by atoms with Gasteiger partial charge in [0.05, 0.1) is 18.4 Å². The van der Waals surface area contributed by atoms with Gasteiger partial charge in [0.1, 0.15) is 5.82 Å². The van der Waals surface area contributed by atoms with E-state index in [1.807, 2.05) is 4.72 Å². The van der Waals surface area contributed by atoms with Crippen molar-refractivity contribution in [2.45, 2.75) is 19.0 Å². The molecule has 1 aromatic carbocycles. The summed E-state index contributed by atoms with van der Waals surface area (Å²) in [6.07, 6.45) is 0. The van der Waals surface area contributed by atoms with Crippen molar-refractivity contribution >= 4 is 27.5 Å². The summed E-state index contributed by atoms with van der Waals surface area (Å²) in [5, 5.41) is 3.30. The number of nitrogens with one attached hydrogen (secondary N) is 1. The Morgan fingerprint density at radius 3 is 2.69 bits per heavy atom. The van der Waals surface area contributed by atoms with Crippen molar-refractivity contribution in [3.63, 3.8) is 0 Å². The number of rotatable bonds is 4. The predicted molar refractivity (Wildman–Crippen MR) is 88.8 cm³/mol. The molecule has 26 heavy (non-hydrogen) atoms. The van der Waals surface area contributed by atoms with Gasteiger partial charge in [0.15, 0.2) is 0 Å². The summed E-state index contributed by atoms with van der Waals surface area (Å²) in [5.74, 6) is -1.74. The maximum atomic E-state index is 14.1. The van der Waals surface area contributed by atoms with Crippen LogP contribution in [0.3, 0.4) is 0 Å². The van der Waals surface area contributed by atoms with Gasteiger partial charge < -0.3 is 4.74 Å². The Bertz CT molecular complexity index is 1130. The van der Waals surface area contributed by atoms with Crippen LogP contribution in [0.15, 0.2) is 29.4 Å². The van der Waals surface area contributed by atoms with Crippen LogP contribution in [0.25, 0.3) is 5.78 Å². The van der Waals surface area contributed by atoms with Crippen LogP contribution in [-0.2, 0) is 14.8 Å². The minimum Gasteiger partial charge on any atom is -0.465 e. The Balaban J connectivity index is 2.08. The first-order valence-electron chi connectivity index (χ1n) is 7.33. The molecule has 11 heteroatoms. The molecule has 3 aromatic rings. The largest absolute Gasteiger partial charge is 0.465 e. The normalized spacial score (nSPS) is 11.5. The molecular weight excluding hydrogens is 365 g/mol. The van der Waals surface area contributed by atoms with E-state index in [2.05, 4.69) is 19.8 Å². The Morgan fingerprint density at radius 1 is 1.27 bits per heavy atom. The van der Waals surface area contributed by atoms with Crippen molar-refractivity contribution in [2.24, 2.45) is 0 Å². The van der Waals surface area contributed by atoms with E-state index in [-0.39, 0.29) is 11.3 Å². The first-order chi connectivity index (χ1) is 12.2. The molecule has 0 fully saturated rings. The summed E-state index contributed by atoms with van der Waals surface area (Å²) in [6, 6.07) is 5.21. The average molecular weight is 379 g/mol. The highest BCUT2D eigenvalue weighted by Crippen LogP contribution is 2.23. The first-order valence-corrected chi connectivity index (χ1v) is 8.82. The molecule has 136 valence electrons. The minimum atomic E-state index is -4.37. The Hall–Kier alpha value is -3.08. The van der Waals surface area contributed by atoms with Gasteiger partial charge in [-0.25, -0.2) is 18.7 Å². The van der Waals surface area contributed by atoms with Crippen molar-refractivity contribution in [1.82, 2.24) is 19.6 Å². The predicted octanol–water partition coefficient (Wildman–Crippen LogP) is 1.47. The number of sulfonamides is 1. The number of carbonyl (C=O) groups excluding carboxylic acids is 1. The number of carbonyl (C=O) groups is 1. The van der Waals surface area contributed by atoms with Gasteiger partial charge in [-0.1, -0.05) is 6.07 Å². The number of methoxy groups -OCH3 is 1. The van der Waals surface area contributed by atoms with Gasteiger partial charge in [-0.3, -0.25) is 4.72 Å². The lowest BCUT2D eigenvalue weighted by molar-refractivity contribution is 0.0601. The Labute approximate surface area is 147 Å². The number of halogens is 1. The molecule has 2 heterocycles. The van der Waals surface area contributed by atoms with Crippen LogP contribution in [0.2, 0.25) is 0 Å². The Kier molecular flexibility index (Phi) is 4.32. The number of ether oxygens (including phenoxy) is 1. The van der Waals surface area contributed by atoms with E-state index in [0.717, 1.165) is 13.2 Å². The molecule has 2 aromatic heterocycles.